The highest BCUT2D eigenvalue weighted by atomic mass is 16.5. The minimum absolute atomic E-state index is 0.727. The molecular formula is C6H17N2O+. The number of ether oxygens (including phenoxy) is 1. The third-order valence-electron chi connectivity index (χ3n) is 1.03. The Hall–Kier alpha value is -0.120. The summed E-state index contributed by atoms with van der Waals surface area (Å²) in [5, 5.41) is 0. The summed E-state index contributed by atoms with van der Waals surface area (Å²) in [6, 6.07) is 0. The molecule has 0 aliphatic heterocycles. The summed E-state index contributed by atoms with van der Waals surface area (Å²) in [6.45, 7) is 3.33. The molecule has 0 aliphatic rings. The van der Waals surface area contributed by atoms with E-state index in [0.29, 0.717) is 0 Å². The number of nitrogens with two attached hydrogens (primary N) is 1. The van der Waals surface area contributed by atoms with Crippen molar-refractivity contribution in [3.05, 3.63) is 0 Å². The molecule has 0 heterocycles. The molecule has 3 heteroatoms. The predicted molar refractivity (Wildman–Crippen MR) is 36.9 cm³/mol. The van der Waals surface area contributed by atoms with Crippen molar-refractivity contribution in [3.63, 3.8) is 0 Å². The van der Waals surface area contributed by atoms with E-state index < -0.39 is 0 Å². The molecule has 0 aromatic carbocycles. The first kappa shape index (κ1) is 8.88. The summed E-state index contributed by atoms with van der Waals surface area (Å²) >= 11 is 0. The SMILES string of the molecule is NCCCOCCC[NH3+]. The molecule has 3 nitrogen and oxygen atoms in total. The number of rotatable bonds is 6. The molecular weight excluding hydrogens is 116 g/mol. The molecule has 0 aromatic heterocycles. The van der Waals surface area contributed by atoms with Crippen LogP contribution in [0.4, 0.5) is 0 Å². The second kappa shape index (κ2) is 7.88. The van der Waals surface area contributed by atoms with E-state index in [1.165, 1.54) is 0 Å². The van der Waals surface area contributed by atoms with Gasteiger partial charge in [-0.3, -0.25) is 0 Å². The Labute approximate surface area is 56.4 Å². The van der Waals surface area contributed by atoms with Crippen molar-refractivity contribution in [2.45, 2.75) is 12.8 Å². The van der Waals surface area contributed by atoms with E-state index in [4.69, 9.17) is 10.5 Å². The summed E-state index contributed by atoms with van der Waals surface area (Å²) in [7, 11) is 0. The zero-order valence-electron chi connectivity index (χ0n) is 5.94. The third-order valence-corrected chi connectivity index (χ3v) is 1.03. The third kappa shape index (κ3) is 7.88. The molecule has 0 unspecified atom stereocenters. The van der Waals surface area contributed by atoms with Gasteiger partial charge < -0.3 is 16.2 Å². The van der Waals surface area contributed by atoms with Gasteiger partial charge in [0, 0.05) is 13.0 Å². The van der Waals surface area contributed by atoms with E-state index in [1.54, 1.807) is 0 Å². The maximum atomic E-state index is 5.25. The van der Waals surface area contributed by atoms with Gasteiger partial charge in [-0.15, -0.1) is 0 Å². The van der Waals surface area contributed by atoms with Crippen LogP contribution in [0.1, 0.15) is 12.8 Å². The van der Waals surface area contributed by atoms with Crippen LogP contribution in [0.2, 0.25) is 0 Å². The fraction of sp³-hybridized carbons (Fsp3) is 1.00. The smallest absolute Gasteiger partial charge is 0.0762 e. The topological polar surface area (TPSA) is 62.9 Å². The summed E-state index contributed by atoms with van der Waals surface area (Å²) in [6.07, 6.45) is 2.03. The van der Waals surface area contributed by atoms with Crippen molar-refractivity contribution in [1.82, 2.24) is 0 Å². The lowest BCUT2D eigenvalue weighted by Crippen LogP contribution is -2.50. The average Bonchev–Trinajstić information content (AvgIpc) is 1.89. The van der Waals surface area contributed by atoms with Crippen molar-refractivity contribution in [3.8, 4) is 0 Å². The Balaban J connectivity index is 2.60. The van der Waals surface area contributed by atoms with E-state index in [2.05, 4.69) is 5.73 Å². The van der Waals surface area contributed by atoms with Crippen LogP contribution in [-0.2, 0) is 4.74 Å². The van der Waals surface area contributed by atoms with Crippen molar-refractivity contribution in [2.24, 2.45) is 5.73 Å². The monoisotopic (exact) mass is 133 g/mol. The highest BCUT2D eigenvalue weighted by Crippen LogP contribution is 1.81. The van der Waals surface area contributed by atoms with Gasteiger partial charge in [-0.2, -0.15) is 0 Å². The van der Waals surface area contributed by atoms with Crippen molar-refractivity contribution >= 4 is 0 Å². The maximum absolute atomic E-state index is 5.25. The zero-order chi connectivity index (χ0) is 6.95. The lowest BCUT2D eigenvalue weighted by atomic mass is 10.4. The molecule has 0 fully saturated rings. The summed E-state index contributed by atoms with van der Waals surface area (Å²) in [4.78, 5) is 0. The van der Waals surface area contributed by atoms with Crippen LogP contribution in [0.15, 0.2) is 0 Å². The van der Waals surface area contributed by atoms with Gasteiger partial charge in [0.25, 0.3) is 0 Å². The quantitative estimate of drug-likeness (QED) is 0.456. The van der Waals surface area contributed by atoms with Crippen LogP contribution >= 0.6 is 0 Å². The van der Waals surface area contributed by atoms with Gasteiger partial charge in [0.2, 0.25) is 0 Å². The average molecular weight is 133 g/mol. The summed E-state index contributed by atoms with van der Waals surface area (Å²) in [5.41, 5.74) is 8.95. The van der Waals surface area contributed by atoms with E-state index in [1.807, 2.05) is 0 Å². The molecule has 0 saturated heterocycles. The maximum Gasteiger partial charge on any atom is 0.0762 e. The normalized spacial score (nSPS) is 10.0. The van der Waals surface area contributed by atoms with Crippen LogP contribution in [0.25, 0.3) is 0 Å². The summed E-state index contributed by atoms with van der Waals surface area (Å²) in [5.74, 6) is 0. The number of hydrogen-bond acceptors (Lipinski definition) is 2. The highest BCUT2D eigenvalue weighted by molar-refractivity contribution is 4.35. The first-order valence-electron chi connectivity index (χ1n) is 3.49. The second-order valence-corrected chi connectivity index (χ2v) is 1.96. The Morgan fingerprint density at radius 2 is 1.89 bits per heavy atom. The van der Waals surface area contributed by atoms with E-state index in [-0.39, 0.29) is 0 Å². The lowest BCUT2D eigenvalue weighted by molar-refractivity contribution is -0.369. The Bertz CT molecular complexity index is 44.3. The molecule has 5 N–H and O–H groups in total. The van der Waals surface area contributed by atoms with Gasteiger partial charge in [0.05, 0.1) is 13.2 Å². The highest BCUT2D eigenvalue weighted by Gasteiger charge is 1.85. The Morgan fingerprint density at radius 1 is 1.22 bits per heavy atom. The minimum Gasteiger partial charge on any atom is -0.381 e. The van der Waals surface area contributed by atoms with Gasteiger partial charge in [0.15, 0.2) is 0 Å². The predicted octanol–water partition coefficient (Wildman–Crippen LogP) is -1.02. The van der Waals surface area contributed by atoms with Crippen LogP contribution in [-0.4, -0.2) is 26.3 Å². The molecule has 0 saturated carbocycles. The fourth-order valence-corrected chi connectivity index (χ4v) is 0.492. The molecule has 0 radical (unpaired) electrons. The van der Waals surface area contributed by atoms with Crippen LogP contribution in [0, 0.1) is 0 Å². The lowest BCUT2D eigenvalue weighted by Gasteiger charge is -1.98. The van der Waals surface area contributed by atoms with E-state index in [0.717, 1.165) is 39.1 Å². The number of quaternary nitrogens is 1. The van der Waals surface area contributed by atoms with Crippen LogP contribution < -0.4 is 11.5 Å². The minimum atomic E-state index is 0.727. The molecule has 0 bridgehead atoms. The molecule has 0 aliphatic carbocycles. The molecule has 56 valence electrons. The molecule has 0 amide bonds. The van der Waals surface area contributed by atoms with Gasteiger partial charge >= 0.3 is 0 Å². The van der Waals surface area contributed by atoms with Crippen LogP contribution in [0.3, 0.4) is 0 Å². The molecule has 0 spiro atoms. The second-order valence-electron chi connectivity index (χ2n) is 1.96. The van der Waals surface area contributed by atoms with Gasteiger partial charge in [-0.05, 0) is 13.0 Å². The number of hydrogen-bond donors (Lipinski definition) is 2. The first-order chi connectivity index (χ1) is 4.41. The van der Waals surface area contributed by atoms with E-state index in [9.17, 15) is 0 Å². The Morgan fingerprint density at radius 3 is 2.44 bits per heavy atom. The summed E-state index contributed by atoms with van der Waals surface area (Å²) < 4.78 is 5.19. The molecule has 0 atom stereocenters. The van der Waals surface area contributed by atoms with E-state index >= 15 is 0 Å². The van der Waals surface area contributed by atoms with Crippen molar-refractivity contribution < 1.29 is 10.5 Å². The van der Waals surface area contributed by atoms with Gasteiger partial charge in [-0.1, -0.05) is 0 Å². The Kier molecular flexibility index (Phi) is 7.77. The standard InChI is InChI=1S/C6H16N2O/c7-3-1-5-9-6-2-4-8/h1-8H2/p+1. The van der Waals surface area contributed by atoms with Gasteiger partial charge in [-0.25, -0.2) is 0 Å². The fourth-order valence-electron chi connectivity index (χ4n) is 0.492. The van der Waals surface area contributed by atoms with Crippen molar-refractivity contribution in [1.29, 1.82) is 0 Å². The molecule has 9 heavy (non-hydrogen) atoms. The van der Waals surface area contributed by atoms with Crippen molar-refractivity contribution in [2.75, 3.05) is 26.3 Å². The zero-order valence-corrected chi connectivity index (χ0v) is 5.94. The first-order valence-corrected chi connectivity index (χ1v) is 3.49. The largest absolute Gasteiger partial charge is 0.381 e. The molecule has 0 rings (SSSR count). The molecule has 0 aromatic rings. The van der Waals surface area contributed by atoms with Gasteiger partial charge in [0.1, 0.15) is 0 Å². The van der Waals surface area contributed by atoms with Crippen LogP contribution in [0.5, 0.6) is 0 Å².